The van der Waals surface area contributed by atoms with E-state index < -0.39 is 28.0 Å². The Morgan fingerprint density at radius 3 is 2.53 bits per heavy atom. The van der Waals surface area contributed by atoms with Crippen LogP contribution in [0.2, 0.25) is 5.15 Å². The first-order valence-corrected chi connectivity index (χ1v) is 7.03. The van der Waals surface area contributed by atoms with Crippen molar-refractivity contribution in [3.63, 3.8) is 0 Å². The fraction of sp³-hybridized carbons (Fsp3) is 0.556. The van der Waals surface area contributed by atoms with E-state index in [2.05, 4.69) is 5.10 Å². The summed E-state index contributed by atoms with van der Waals surface area (Å²) in [6.45, 7) is 1.66. The van der Waals surface area contributed by atoms with Crippen LogP contribution in [0.5, 0.6) is 0 Å². The quantitative estimate of drug-likeness (QED) is 0.860. The fourth-order valence-electron chi connectivity index (χ4n) is 1.37. The minimum atomic E-state index is -3.48. The van der Waals surface area contributed by atoms with E-state index in [1.807, 2.05) is 0 Å². The number of carboxylic acid groups (broad SMARTS) is 1. The van der Waals surface area contributed by atoms with Crippen molar-refractivity contribution in [3.05, 3.63) is 16.4 Å². The maximum Gasteiger partial charge on any atom is 0.304 e. The molecule has 1 N–H and O–H groups in total. The van der Waals surface area contributed by atoms with Gasteiger partial charge in [0.25, 0.3) is 0 Å². The summed E-state index contributed by atoms with van der Waals surface area (Å²) in [4.78, 5) is 10.3. The van der Waals surface area contributed by atoms with Crippen molar-refractivity contribution < 1.29 is 18.3 Å². The van der Waals surface area contributed by atoms with Gasteiger partial charge in [-0.1, -0.05) is 11.6 Å². The summed E-state index contributed by atoms with van der Waals surface area (Å²) in [6, 6.07) is 0. The largest absolute Gasteiger partial charge is 0.481 e. The Morgan fingerprint density at radius 2 is 2.12 bits per heavy atom. The van der Waals surface area contributed by atoms with Gasteiger partial charge in [-0.3, -0.25) is 9.48 Å². The first-order valence-electron chi connectivity index (χ1n) is 4.83. The van der Waals surface area contributed by atoms with Gasteiger partial charge in [0.05, 0.1) is 23.6 Å². The molecule has 0 aliphatic carbocycles. The number of halogens is 1. The lowest BCUT2D eigenvalue weighted by molar-refractivity contribution is -0.136. The molecule has 17 heavy (non-hydrogen) atoms. The standard InChI is InChI=1S/C9H13ClN2O4S/c1-6-7(9(10)12(2)11-6)5-17(15,16)4-3-8(13)14/h3-5H2,1-2H3,(H,13,14). The molecule has 1 rings (SSSR count). The van der Waals surface area contributed by atoms with Crippen LogP contribution < -0.4 is 0 Å². The molecule has 0 amide bonds. The highest BCUT2D eigenvalue weighted by Crippen LogP contribution is 2.21. The minimum absolute atomic E-state index is 0.265. The molecule has 1 aromatic rings. The van der Waals surface area contributed by atoms with E-state index in [9.17, 15) is 13.2 Å². The second-order valence-corrected chi connectivity index (χ2v) is 6.26. The van der Waals surface area contributed by atoms with Gasteiger partial charge in [0.2, 0.25) is 0 Å². The van der Waals surface area contributed by atoms with E-state index in [1.54, 1.807) is 14.0 Å². The second kappa shape index (κ2) is 5.05. The molecule has 0 spiro atoms. The van der Waals surface area contributed by atoms with E-state index in [4.69, 9.17) is 16.7 Å². The molecule has 0 aliphatic heterocycles. The van der Waals surface area contributed by atoms with E-state index in [0.29, 0.717) is 11.3 Å². The molecule has 0 atom stereocenters. The lowest BCUT2D eigenvalue weighted by atomic mass is 10.3. The number of carboxylic acids is 1. The third kappa shape index (κ3) is 3.71. The Kier molecular flexibility index (Phi) is 4.16. The van der Waals surface area contributed by atoms with Crippen molar-refractivity contribution in [1.82, 2.24) is 9.78 Å². The minimum Gasteiger partial charge on any atom is -0.481 e. The van der Waals surface area contributed by atoms with Gasteiger partial charge in [-0.05, 0) is 6.92 Å². The Morgan fingerprint density at radius 1 is 1.53 bits per heavy atom. The van der Waals surface area contributed by atoms with E-state index >= 15 is 0 Å². The summed E-state index contributed by atoms with van der Waals surface area (Å²) in [5.41, 5.74) is 0.968. The third-order valence-electron chi connectivity index (χ3n) is 2.26. The summed E-state index contributed by atoms with van der Waals surface area (Å²) >= 11 is 5.90. The summed E-state index contributed by atoms with van der Waals surface area (Å²) in [5, 5.41) is 12.7. The Hall–Kier alpha value is -1.08. The first kappa shape index (κ1) is 14.0. The number of aliphatic carboxylic acids is 1. The number of carbonyl (C=O) groups is 1. The van der Waals surface area contributed by atoms with Crippen molar-refractivity contribution in [2.45, 2.75) is 19.1 Å². The lowest BCUT2D eigenvalue weighted by Gasteiger charge is -2.02. The molecule has 0 unspecified atom stereocenters. The van der Waals surface area contributed by atoms with Crippen LogP contribution >= 0.6 is 11.6 Å². The SMILES string of the molecule is Cc1nn(C)c(Cl)c1CS(=O)(=O)CCC(=O)O. The van der Waals surface area contributed by atoms with E-state index in [-0.39, 0.29) is 10.9 Å². The maximum absolute atomic E-state index is 11.7. The monoisotopic (exact) mass is 280 g/mol. The third-order valence-corrected chi connectivity index (χ3v) is 4.29. The fourth-order valence-corrected chi connectivity index (χ4v) is 3.11. The van der Waals surface area contributed by atoms with Crippen LogP contribution in [-0.2, 0) is 27.4 Å². The Balaban J connectivity index is 2.87. The summed E-state index contributed by atoms with van der Waals surface area (Å²) in [5.74, 6) is -1.81. The van der Waals surface area contributed by atoms with E-state index in [0.717, 1.165) is 0 Å². The lowest BCUT2D eigenvalue weighted by Crippen LogP contribution is -2.13. The summed E-state index contributed by atoms with van der Waals surface area (Å²) in [6.07, 6.45) is -0.404. The molecule has 0 aliphatic rings. The van der Waals surface area contributed by atoms with Crippen LogP contribution in [0.25, 0.3) is 0 Å². The Labute approximate surface area is 104 Å². The van der Waals surface area contributed by atoms with Gasteiger partial charge in [-0.2, -0.15) is 5.10 Å². The number of nitrogens with zero attached hydrogens (tertiary/aromatic N) is 2. The molecule has 0 bridgehead atoms. The van der Waals surface area contributed by atoms with Gasteiger partial charge in [0.1, 0.15) is 5.15 Å². The van der Waals surface area contributed by atoms with Crippen LogP contribution in [0.3, 0.4) is 0 Å². The normalized spacial score (nSPS) is 11.7. The van der Waals surface area contributed by atoms with Gasteiger partial charge < -0.3 is 5.11 Å². The van der Waals surface area contributed by atoms with Crippen LogP contribution in [0.4, 0.5) is 0 Å². The highest BCUT2D eigenvalue weighted by atomic mass is 35.5. The molecular formula is C9H13ClN2O4S. The highest BCUT2D eigenvalue weighted by molar-refractivity contribution is 7.90. The first-order chi connectivity index (χ1) is 7.73. The average Bonchev–Trinajstić information content (AvgIpc) is 2.42. The molecule has 0 saturated heterocycles. The van der Waals surface area contributed by atoms with Crippen LogP contribution in [0, 0.1) is 6.92 Å². The maximum atomic E-state index is 11.7. The van der Waals surface area contributed by atoms with Crippen LogP contribution in [0.15, 0.2) is 0 Å². The number of hydrogen-bond donors (Lipinski definition) is 1. The molecule has 0 fully saturated rings. The predicted octanol–water partition coefficient (Wildman–Crippen LogP) is 0.771. The molecule has 1 heterocycles. The molecule has 0 aromatic carbocycles. The zero-order chi connectivity index (χ0) is 13.2. The molecular weight excluding hydrogens is 268 g/mol. The van der Waals surface area contributed by atoms with E-state index in [1.165, 1.54) is 4.68 Å². The van der Waals surface area contributed by atoms with Crippen molar-refractivity contribution in [2.75, 3.05) is 5.75 Å². The van der Waals surface area contributed by atoms with Gasteiger partial charge in [-0.15, -0.1) is 0 Å². The number of sulfone groups is 1. The van der Waals surface area contributed by atoms with Gasteiger partial charge >= 0.3 is 5.97 Å². The number of rotatable bonds is 5. The molecule has 1 aromatic heterocycles. The topological polar surface area (TPSA) is 89.3 Å². The van der Waals surface area contributed by atoms with Crippen molar-refractivity contribution >= 4 is 27.4 Å². The molecule has 6 nitrogen and oxygen atoms in total. The molecule has 96 valence electrons. The number of aryl methyl sites for hydroxylation is 2. The zero-order valence-corrected chi connectivity index (χ0v) is 11.0. The zero-order valence-electron chi connectivity index (χ0n) is 9.47. The van der Waals surface area contributed by atoms with Crippen LogP contribution in [-0.4, -0.2) is 35.0 Å². The number of aromatic nitrogens is 2. The van der Waals surface area contributed by atoms with Crippen molar-refractivity contribution in [3.8, 4) is 0 Å². The predicted molar refractivity (Wildman–Crippen MR) is 62.7 cm³/mol. The smallest absolute Gasteiger partial charge is 0.304 e. The summed E-state index contributed by atoms with van der Waals surface area (Å²) < 4.78 is 24.7. The van der Waals surface area contributed by atoms with Crippen molar-refractivity contribution in [2.24, 2.45) is 7.05 Å². The average molecular weight is 281 g/mol. The van der Waals surface area contributed by atoms with Crippen molar-refractivity contribution in [1.29, 1.82) is 0 Å². The second-order valence-electron chi connectivity index (χ2n) is 3.71. The molecule has 0 saturated carbocycles. The van der Waals surface area contributed by atoms with Crippen LogP contribution in [0.1, 0.15) is 17.7 Å². The Bertz CT molecular complexity index is 535. The molecule has 0 radical (unpaired) electrons. The van der Waals surface area contributed by atoms with Gasteiger partial charge in [-0.25, -0.2) is 8.42 Å². The summed E-state index contributed by atoms with van der Waals surface area (Å²) in [7, 11) is -1.87. The van der Waals surface area contributed by atoms with Gasteiger partial charge in [0, 0.05) is 12.6 Å². The highest BCUT2D eigenvalue weighted by Gasteiger charge is 2.20. The number of hydrogen-bond acceptors (Lipinski definition) is 4. The van der Waals surface area contributed by atoms with Gasteiger partial charge in [0.15, 0.2) is 9.84 Å². The molecule has 8 heteroatoms.